The second-order valence-corrected chi connectivity index (χ2v) is 12.5. The summed E-state index contributed by atoms with van der Waals surface area (Å²) in [5.41, 5.74) is 0. The highest BCUT2D eigenvalue weighted by Gasteiger charge is 2.54. The molecule has 1 amide bonds. The second-order valence-electron chi connectivity index (χ2n) is 12.5. The van der Waals surface area contributed by atoms with Gasteiger partial charge in [0.1, 0.15) is 110 Å². The van der Waals surface area contributed by atoms with Gasteiger partial charge in [0.05, 0.1) is 26.4 Å². The average molecular weight is 768 g/mol. The zero-order valence-electron chi connectivity index (χ0n) is 27.5. The maximum atomic E-state index is 12.1. The van der Waals surface area contributed by atoms with Crippen molar-refractivity contribution < 1.29 is 115 Å². The third kappa shape index (κ3) is 9.93. The number of hydrogen-bond acceptors (Lipinski definition) is 23. The number of nitrogens with one attached hydrogen (secondary N) is 1. The summed E-state index contributed by atoms with van der Waals surface area (Å²) < 4.78 is 33.0. The van der Waals surface area contributed by atoms with E-state index in [4.69, 9.17) is 33.5 Å². The number of aldehydes is 1. The molecule has 3 saturated heterocycles. The molecule has 52 heavy (non-hydrogen) atoms. The fourth-order valence-electron chi connectivity index (χ4n) is 5.84. The molecule has 0 saturated carbocycles. The van der Waals surface area contributed by atoms with Crippen LogP contribution in [-0.4, -0.2) is 244 Å². The molecule has 0 aromatic heterocycles. The molecule has 304 valence electrons. The summed E-state index contributed by atoms with van der Waals surface area (Å²) in [5, 5.41) is 155. The highest BCUT2D eigenvalue weighted by molar-refractivity contribution is 5.73. The Morgan fingerprint density at radius 3 is 1.79 bits per heavy atom. The number of ether oxygens (including phenoxy) is 6. The quantitative estimate of drug-likeness (QED) is 0.0611. The summed E-state index contributed by atoms with van der Waals surface area (Å²) in [6, 6.07) is -1.74. The summed E-state index contributed by atoms with van der Waals surface area (Å²) in [5.74, 6) is -0.837. The molecule has 0 bridgehead atoms. The number of carbonyl (C=O) groups excluding carboxylic acids is 2. The molecular formula is C28H49NO23. The Balaban J connectivity index is 1.83. The fourth-order valence-corrected chi connectivity index (χ4v) is 5.84. The predicted octanol–water partition coefficient (Wildman–Crippen LogP) is -11.0. The van der Waals surface area contributed by atoms with Crippen molar-refractivity contribution in [2.45, 2.75) is 136 Å². The number of amides is 1. The van der Waals surface area contributed by atoms with Gasteiger partial charge in [-0.05, 0) is 0 Å². The molecule has 0 aromatic rings. The minimum Gasteiger partial charge on any atom is -0.394 e. The average Bonchev–Trinajstić information content (AvgIpc) is 3.13. The van der Waals surface area contributed by atoms with E-state index in [9.17, 15) is 81.1 Å². The summed E-state index contributed by atoms with van der Waals surface area (Å²) in [4.78, 5) is 23.9. The molecule has 0 spiro atoms. The lowest BCUT2D eigenvalue weighted by molar-refractivity contribution is -0.370. The largest absolute Gasteiger partial charge is 0.394 e. The van der Waals surface area contributed by atoms with E-state index in [1.807, 2.05) is 0 Å². The van der Waals surface area contributed by atoms with Crippen molar-refractivity contribution in [3.63, 3.8) is 0 Å². The summed E-state index contributed by atoms with van der Waals surface area (Å²) >= 11 is 0. The molecule has 24 nitrogen and oxygen atoms in total. The second kappa shape index (κ2) is 19.8. The molecule has 21 atom stereocenters. The molecule has 3 rings (SSSR count). The Kier molecular flexibility index (Phi) is 17.0. The molecular weight excluding hydrogens is 718 g/mol. The topological polar surface area (TPSA) is 405 Å². The van der Waals surface area contributed by atoms with Crippen LogP contribution >= 0.6 is 0 Å². The van der Waals surface area contributed by atoms with Gasteiger partial charge in [0.15, 0.2) is 25.2 Å². The van der Waals surface area contributed by atoms with Crippen LogP contribution < -0.4 is 5.32 Å². The van der Waals surface area contributed by atoms with Crippen LogP contribution in [0.3, 0.4) is 0 Å². The smallest absolute Gasteiger partial charge is 0.217 e. The zero-order valence-corrected chi connectivity index (χ0v) is 27.5. The van der Waals surface area contributed by atoms with Crippen molar-refractivity contribution in [1.82, 2.24) is 5.32 Å². The minimum absolute atomic E-state index is 0.0636. The number of hydrogen-bond donors (Lipinski definition) is 16. The van der Waals surface area contributed by atoms with E-state index < -0.39 is 161 Å². The molecule has 3 aliphatic heterocycles. The number of rotatable bonds is 17. The molecule has 16 N–H and O–H groups in total. The Hall–Kier alpha value is -1.70. The molecule has 0 aliphatic carbocycles. The highest BCUT2D eigenvalue weighted by Crippen LogP contribution is 2.33. The molecule has 3 aliphatic rings. The van der Waals surface area contributed by atoms with Crippen LogP contribution in [0.4, 0.5) is 0 Å². The summed E-state index contributed by atoms with van der Waals surface area (Å²) in [6.45, 7) is -2.96. The van der Waals surface area contributed by atoms with Gasteiger partial charge in [-0.3, -0.25) is 4.79 Å². The van der Waals surface area contributed by atoms with Crippen LogP contribution in [0.25, 0.3) is 0 Å². The molecule has 0 aromatic carbocycles. The van der Waals surface area contributed by atoms with Gasteiger partial charge < -0.3 is 115 Å². The minimum atomic E-state index is -2.30. The Bertz CT molecular complexity index is 1110. The number of carbonyl (C=O) groups is 2. The monoisotopic (exact) mass is 767 g/mol. The van der Waals surface area contributed by atoms with Crippen molar-refractivity contribution >= 4 is 12.2 Å². The number of aliphatic hydroxyl groups is 15. The summed E-state index contributed by atoms with van der Waals surface area (Å²) in [7, 11) is 0. The van der Waals surface area contributed by atoms with Gasteiger partial charge in [-0.15, -0.1) is 0 Å². The molecule has 24 heteroatoms. The van der Waals surface area contributed by atoms with E-state index in [0.717, 1.165) is 6.92 Å². The van der Waals surface area contributed by atoms with Gasteiger partial charge in [0.2, 0.25) is 5.91 Å². The van der Waals surface area contributed by atoms with E-state index in [1.54, 1.807) is 0 Å². The molecule has 0 unspecified atom stereocenters. The van der Waals surface area contributed by atoms with Gasteiger partial charge in [-0.1, -0.05) is 0 Å². The molecule has 3 heterocycles. The maximum Gasteiger partial charge on any atom is 0.217 e. The van der Waals surface area contributed by atoms with Crippen LogP contribution in [0, 0.1) is 0 Å². The SMILES string of the molecule is CC(=O)N[C@H]1[C@@H](O[C@@H](C=O)[C@@H](O)[C@H](O)[C@H](O)[C@@H](O)CO)O[C@H](CO)[C@@H](O[C@@H]2O[C@H]([C@H](CO)O[C@H]3O[C@H](CO)[C@@H](O)[C@H](O)[C@H]3O)[C@@H](O)[C@H](O)[C@H]2O)[C@@H]1O. The number of aliphatic hydroxyl groups excluding tert-OH is 15. The fraction of sp³-hybridized carbons (Fsp3) is 0.929. The normalized spacial score (nSPS) is 42.0. The van der Waals surface area contributed by atoms with E-state index in [-0.39, 0.29) is 6.29 Å². The summed E-state index contributed by atoms with van der Waals surface area (Å²) in [6.07, 6.45) is -39.2. The van der Waals surface area contributed by atoms with Gasteiger partial charge in [-0.2, -0.15) is 0 Å². The van der Waals surface area contributed by atoms with Gasteiger partial charge in [0, 0.05) is 6.92 Å². The van der Waals surface area contributed by atoms with E-state index in [1.165, 1.54) is 0 Å². The lowest BCUT2D eigenvalue weighted by Gasteiger charge is -2.48. The highest BCUT2D eigenvalue weighted by atomic mass is 16.8. The van der Waals surface area contributed by atoms with Crippen LogP contribution in [0.1, 0.15) is 6.92 Å². The van der Waals surface area contributed by atoms with Crippen LogP contribution in [0.2, 0.25) is 0 Å². The first-order chi connectivity index (χ1) is 24.5. The lowest BCUT2D eigenvalue weighted by atomic mass is 9.93. The van der Waals surface area contributed by atoms with Crippen molar-refractivity contribution in [2.75, 3.05) is 26.4 Å². The van der Waals surface area contributed by atoms with Crippen molar-refractivity contribution in [2.24, 2.45) is 0 Å². The van der Waals surface area contributed by atoms with Crippen molar-refractivity contribution in [3.8, 4) is 0 Å². The first-order valence-corrected chi connectivity index (χ1v) is 16.0. The molecule has 3 fully saturated rings. The zero-order chi connectivity index (χ0) is 39.2. The predicted molar refractivity (Wildman–Crippen MR) is 159 cm³/mol. The van der Waals surface area contributed by atoms with E-state index in [0.29, 0.717) is 0 Å². The third-order valence-electron chi connectivity index (χ3n) is 8.87. The standard InChI is InChI=1S/C28H49NO23/c1-7(35)29-13-17(40)24(11(5-33)49-26(13)47-9(3-31)15(38)18(41)14(37)8(36)2-30)51-28-23(46)20(43)21(44)25(52-28)12(6-34)50-27-22(45)19(42)16(39)10(4-32)48-27/h3,8-28,30,32-34,36-46H,2,4-6H2,1H3,(H,29,35)/t8-,9-,10+,11+,12-,13+,14+,15+,16+,17+,18+,19-,20-,21-,22+,23+,24+,25+,26-,27+,28+/m0/s1. The van der Waals surface area contributed by atoms with E-state index in [2.05, 4.69) is 5.32 Å². The Morgan fingerprint density at radius 1 is 0.673 bits per heavy atom. The third-order valence-corrected chi connectivity index (χ3v) is 8.87. The van der Waals surface area contributed by atoms with Crippen LogP contribution in [-0.2, 0) is 38.0 Å². The first kappa shape index (κ1) is 44.7. The van der Waals surface area contributed by atoms with E-state index >= 15 is 0 Å². The van der Waals surface area contributed by atoms with Crippen molar-refractivity contribution in [1.29, 1.82) is 0 Å². The van der Waals surface area contributed by atoms with Crippen molar-refractivity contribution in [3.05, 3.63) is 0 Å². The maximum absolute atomic E-state index is 12.1. The van der Waals surface area contributed by atoms with Crippen LogP contribution in [0.5, 0.6) is 0 Å². The molecule has 0 radical (unpaired) electrons. The Morgan fingerprint density at radius 2 is 1.25 bits per heavy atom. The van der Waals surface area contributed by atoms with Gasteiger partial charge >= 0.3 is 0 Å². The van der Waals surface area contributed by atoms with Gasteiger partial charge in [0.25, 0.3) is 0 Å². The Labute approximate surface area is 294 Å². The lowest BCUT2D eigenvalue weighted by Crippen LogP contribution is -2.69. The first-order valence-electron chi connectivity index (χ1n) is 16.0. The van der Waals surface area contributed by atoms with Gasteiger partial charge in [-0.25, -0.2) is 0 Å². The van der Waals surface area contributed by atoms with Crippen LogP contribution in [0.15, 0.2) is 0 Å².